The van der Waals surface area contributed by atoms with Crippen LogP contribution in [0.1, 0.15) is 26.6 Å². The zero-order valence-corrected chi connectivity index (χ0v) is 14.2. The van der Waals surface area contributed by atoms with E-state index in [1.54, 1.807) is 0 Å². The van der Waals surface area contributed by atoms with Crippen molar-refractivity contribution in [3.63, 3.8) is 0 Å². The van der Waals surface area contributed by atoms with Gasteiger partial charge >= 0.3 is 0 Å². The van der Waals surface area contributed by atoms with E-state index < -0.39 is 0 Å². The number of hydrogen-bond donors (Lipinski definition) is 1. The van der Waals surface area contributed by atoms with Crippen LogP contribution in [-0.4, -0.2) is 15.7 Å². The van der Waals surface area contributed by atoms with Gasteiger partial charge in [0.2, 0.25) is 0 Å². The van der Waals surface area contributed by atoms with Crippen LogP contribution >= 0.6 is 22.9 Å². The fourth-order valence-electron chi connectivity index (χ4n) is 2.48. The van der Waals surface area contributed by atoms with Crippen molar-refractivity contribution in [1.82, 2.24) is 15.1 Å². The molecule has 2 heterocycles. The summed E-state index contributed by atoms with van der Waals surface area (Å²) in [6, 6.07) is 7.77. The van der Waals surface area contributed by atoms with Gasteiger partial charge in [-0.05, 0) is 19.9 Å². The lowest BCUT2D eigenvalue weighted by Gasteiger charge is -2.05. The Morgan fingerprint density at radius 3 is 2.73 bits per heavy atom. The molecule has 6 heteroatoms. The molecule has 3 aromatic rings. The molecule has 0 spiro atoms. The molecule has 0 aliphatic carbocycles. The van der Waals surface area contributed by atoms with Gasteiger partial charge in [0.25, 0.3) is 5.91 Å². The van der Waals surface area contributed by atoms with Crippen LogP contribution in [0.25, 0.3) is 10.1 Å². The molecule has 0 aliphatic rings. The lowest BCUT2D eigenvalue weighted by atomic mass is 10.2. The Kier molecular flexibility index (Phi) is 3.93. The molecule has 0 unspecified atom stereocenters. The van der Waals surface area contributed by atoms with Crippen LogP contribution in [0.5, 0.6) is 0 Å². The quantitative estimate of drug-likeness (QED) is 0.791. The molecule has 0 saturated heterocycles. The lowest BCUT2D eigenvalue weighted by Crippen LogP contribution is -2.22. The van der Waals surface area contributed by atoms with Gasteiger partial charge < -0.3 is 5.32 Å². The molecule has 0 bridgehead atoms. The topological polar surface area (TPSA) is 46.9 Å². The fraction of sp³-hybridized carbons (Fsp3) is 0.250. The maximum Gasteiger partial charge on any atom is 0.263 e. The van der Waals surface area contributed by atoms with Crippen molar-refractivity contribution in [2.45, 2.75) is 20.4 Å². The molecule has 0 saturated carbocycles. The second-order valence-electron chi connectivity index (χ2n) is 5.20. The van der Waals surface area contributed by atoms with E-state index in [2.05, 4.69) is 10.4 Å². The van der Waals surface area contributed by atoms with E-state index in [4.69, 9.17) is 11.6 Å². The molecule has 1 N–H and O–H groups in total. The van der Waals surface area contributed by atoms with Crippen LogP contribution in [0, 0.1) is 13.8 Å². The molecule has 1 aromatic carbocycles. The molecule has 2 aromatic heterocycles. The molecule has 114 valence electrons. The van der Waals surface area contributed by atoms with Crippen molar-refractivity contribution in [2.75, 3.05) is 0 Å². The van der Waals surface area contributed by atoms with Crippen molar-refractivity contribution in [3.05, 3.63) is 51.1 Å². The number of fused-ring (bicyclic) bond motifs is 1. The third-order valence-electron chi connectivity index (χ3n) is 3.83. The summed E-state index contributed by atoms with van der Waals surface area (Å²) in [4.78, 5) is 13.0. The summed E-state index contributed by atoms with van der Waals surface area (Å²) >= 11 is 7.75. The highest BCUT2D eigenvalue weighted by molar-refractivity contribution is 7.21. The minimum Gasteiger partial charge on any atom is -0.347 e. The second-order valence-corrected chi connectivity index (χ2v) is 6.63. The second kappa shape index (κ2) is 5.74. The number of amides is 1. The number of aromatic nitrogens is 2. The van der Waals surface area contributed by atoms with Gasteiger partial charge in [-0.15, -0.1) is 11.3 Å². The van der Waals surface area contributed by atoms with Crippen molar-refractivity contribution in [1.29, 1.82) is 0 Å². The fourth-order valence-corrected chi connectivity index (χ4v) is 3.92. The smallest absolute Gasteiger partial charge is 0.263 e. The molecular weight excluding hydrogens is 318 g/mol. The van der Waals surface area contributed by atoms with Gasteiger partial charge in [0, 0.05) is 34.9 Å². The highest BCUT2D eigenvalue weighted by atomic mass is 35.5. The van der Waals surface area contributed by atoms with Gasteiger partial charge in [-0.25, -0.2) is 0 Å². The minimum absolute atomic E-state index is 0.145. The molecular formula is C16H16ClN3OS. The largest absolute Gasteiger partial charge is 0.347 e. The zero-order valence-electron chi connectivity index (χ0n) is 12.6. The number of benzene rings is 1. The summed E-state index contributed by atoms with van der Waals surface area (Å²) in [6.07, 6.45) is 0. The normalized spacial score (nSPS) is 11.1. The van der Waals surface area contributed by atoms with E-state index in [0.717, 1.165) is 27.0 Å². The molecule has 4 nitrogen and oxygen atoms in total. The van der Waals surface area contributed by atoms with Crippen LogP contribution < -0.4 is 5.32 Å². The monoisotopic (exact) mass is 333 g/mol. The molecule has 0 fully saturated rings. The lowest BCUT2D eigenvalue weighted by molar-refractivity contribution is 0.0955. The molecule has 22 heavy (non-hydrogen) atoms. The zero-order chi connectivity index (χ0) is 15.9. The molecule has 0 atom stereocenters. The number of nitrogens with zero attached hydrogens (tertiary/aromatic N) is 2. The third kappa shape index (κ3) is 2.51. The minimum atomic E-state index is -0.145. The van der Waals surface area contributed by atoms with Gasteiger partial charge in [-0.3, -0.25) is 9.48 Å². The van der Waals surface area contributed by atoms with Crippen molar-refractivity contribution < 1.29 is 4.79 Å². The number of halogens is 1. The summed E-state index contributed by atoms with van der Waals surface area (Å²) in [5, 5.41) is 8.75. The average molecular weight is 334 g/mol. The van der Waals surface area contributed by atoms with Gasteiger partial charge in [-0.2, -0.15) is 5.10 Å². The summed E-state index contributed by atoms with van der Waals surface area (Å²) in [7, 11) is 1.90. The van der Waals surface area contributed by atoms with Gasteiger partial charge in [0.1, 0.15) is 4.88 Å². The first-order valence-corrected chi connectivity index (χ1v) is 8.12. The standard InChI is InChI=1S/C16H16ClN3OS/c1-9-12(10(2)20(3)19-9)8-18-16(21)15-14(17)11-6-4-5-7-13(11)22-15/h4-7H,8H2,1-3H3,(H,18,21). The number of hydrogen-bond acceptors (Lipinski definition) is 3. The van der Waals surface area contributed by atoms with E-state index in [-0.39, 0.29) is 5.91 Å². The first-order chi connectivity index (χ1) is 10.5. The summed E-state index contributed by atoms with van der Waals surface area (Å²) in [5.74, 6) is -0.145. The number of carbonyl (C=O) groups is 1. The molecule has 3 rings (SSSR count). The first-order valence-electron chi connectivity index (χ1n) is 6.93. The average Bonchev–Trinajstić information content (AvgIpc) is 2.96. The molecule has 0 radical (unpaired) electrons. The Labute approximate surface area is 137 Å². The van der Waals surface area contributed by atoms with Gasteiger partial charge in [0.15, 0.2) is 0 Å². The summed E-state index contributed by atoms with van der Waals surface area (Å²) in [6.45, 7) is 4.39. The Bertz CT molecular complexity index is 866. The van der Waals surface area contributed by atoms with E-state index in [1.165, 1.54) is 11.3 Å². The van der Waals surface area contributed by atoms with Crippen LogP contribution in [-0.2, 0) is 13.6 Å². The predicted molar refractivity (Wildman–Crippen MR) is 90.7 cm³/mol. The van der Waals surface area contributed by atoms with Gasteiger partial charge in [0.05, 0.1) is 10.7 Å². The number of thiophene rings is 1. The van der Waals surface area contributed by atoms with E-state index in [9.17, 15) is 4.79 Å². The van der Waals surface area contributed by atoms with E-state index in [0.29, 0.717) is 16.4 Å². The maximum atomic E-state index is 12.4. The number of carbonyl (C=O) groups excluding carboxylic acids is 1. The van der Waals surface area contributed by atoms with Crippen LogP contribution in [0.2, 0.25) is 5.02 Å². The SMILES string of the molecule is Cc1nn(C)c(C)c1CNC(=O)c1sc2ccccc2c1Cl. The van der Waals surface area contributed by atoms with E-state index in [1.807, 2.05) is 49.8 Å². The maximum absolute atomic E-state index is 12.4. The van der Waals surface area contributed by atoms with Crippen molar-refractivity contribution in [3.8, 4) is 0 Å². The van der Waals surface area contributed by atoms with Crippen LogP contribution in [0.3, 0.4) is 0 Å². The van der Waals surface area contributed by atoms with E-state index >= 15 is 0 Å². The molecule has 1 amide bonds. The predicted octanol–water partition coefficient (Wildman–Crippen LogP) is 3.84. The van der Waals surface area contributed by atoms with Gasteiger partial charge in [-0.1, -0.05) is 29.8 Å². The number of rotatable bonds is 3. The highest BCUT2D eigenvalue weighted by Crippen LogP contribution is 2.35. The highest BCUT2D eigenvalue weighted by Gasteiger charge is 2.18. The number of aryl methyl sites for hydroxylation is 2. The Balaban J connectivity index is 1.83. The Morgan fingerprint density at radius 2 is 2.09 bits per heavy atom. The molecule has 0 aliphatic heterocycles. The Hall–Kier alpha value is -1.85. The van der Waals surface area contributed by atoms with Crippen molar-refractivity contribution in [2.24, 2.45) is 7.05 Å². The van der Waals surface area contributed by atoms with Crippen LogP contribution in [0.15, 0.2) is 24.3 Å². The summed E-state index contributed by atoms with van der Waals surface area (Å²) in [5.41, 5.74) is 3.04. The van der Waals surface area contributed by atoms with Crippen molar-refractivity contribution >= 4 is 38.9 Å². The van der Waals surface area contributed by atoms with Crippen LogP contribution in [0.4, 0.5) is 0 Å². The third-order valence-corrected chi connectivity index (χ3v) is 5.50. The number of nitrogens with one attached hydrogen (secondary N) is 1. The first kappa shape index (κ1) is 15.1. The Morgan fingerprint density at radius 1 is 1.36 bits per heavy atom. The summed E-state index contributed by atoms with van der Waals surface area (Å²) < 4.78 is 2.84.